The van der Waals surface area contributed by atoms with Crippen molar-refractivity contribution in [3.63, 3.8) is 0 Å². The SMILES string of the molecule is CCOC(=O)Cc1c(C)n(C(=O)c2ccc(OC(F)(F)F)cc2)c2cc(Cl)c(OC)cc12. The molecule has 0 amide bonds. The summed E-state index contributed by atoms with van der Waals surface area (Å²) in [6, 6.07) is 7.73. The molecule has 0 saturated heterocycles. The summed E-state index contributed by atoms with van der Waals surface area (Å²) < 4.78 is 52.7. The number of hydrogen-bond donors (Lipinski definition) is 0. The molecule has 0 spiro atoms. The lowest BCUT2D eigenvalue weighted by Crippen LogP contribution is -2.17. The summed E-state index contributed by atoms with van der Waals surface area (Å²) in [6.07, 6.45) is -4.92. The maximum atomic E-state index is 13.3. The molecule has 2 aromatic carbocycles. The number of nitrogens with zero attached hydrogens (tertiary/aromatic N) is 1. The Bertz CT molecular complexity index is 1170. The highest BCUT2D eigenvalue weighted by Gasteiger charge is 2.31. The summed E-state index contributed by atoms with van der Waals surface area (Å²) in [6.45, 7) is 3.55. The Morgan fingerprint density at radius 3 is 2.34 bits per heavy atom. The van der Waals surface area contributed by atoms with E-state index in [0.29, 0.717) is 27.9 Å². The molecule has 0 unspecified atom stereocenters. The normalized spacial score (nSPS) is 11.5. The minimum absolute atomic E-state index is 0.0837. The van der Waals surface area contributed by atoms with Crippen molar-refractivity contribution in [2.24, 2.45) is 0 Å². The van der Waals surface area contributed by atoms with Crippen molar-refractivity contribution in [1.82, 2.24) is 4.57 Å². The van der Waals surface area contributed by atoms with Crippen LogP contribution in [0.1, 0.15) is 28.5 Å². The van der Waals surface area contributed by atoms with Gasteiger partial charge >= 0.3 is 12.3 Å². The summed E-state index contributed by atoms with van der Waals surface area (Å²) >= 11 is 6.26. The number of fused-ring (bicyclic) bond motifs is 1. The third kappa shape index (κ3) is 4.83. The number of methoxy groups -OCH3 is 1. The first kappa shape index (κ1) is 23.5. The Labute approximate surface area is 186 Å². The van der Waals surface area contributed by atoms with Gasteiger partial charge < -0.3 is 14.2 Å². The van der Waals surface area contributed by atoms with E-state index in [9.17, 15) is 22.8 Å². The first-order valence-electron chi connectivity index (χ1n) is 9.49. The largest absolute Gasteiger partial charge is 0.573 e. The lowest BCUT2D eigenvalue weighted by Gasteiger charge is -2.11. The van der Waals surface area contributed by atoms with Gasteiger partial charge in [-0.3, -0.25) is 14.2 Å². The standard InChI is InChI=1S/C22H19ClF3NO5/c1-4-31-20(28)10-15-12(2)27(18-11-17(23)19(30-3)9-16(15)18)21(29)13-5-7-14(8-6-13)32-22(24,25)26/h5-9,11H,4,10H2,1-3H3. The van der Waals surface area contributed by atoms with Crippen LogP contribution in [0.15, 0.2) is 36.4 Å². The second-order valence-electron chi connectivity index (χ2n) is 6.76. The zero-order valence-corrected chi connectivity index (χ0v) is 18.1. The highest BCUT2D eigenvalue weighted by molar-refractivity contribution is 6.33. The molecule has 1 aromatic heterocycles. The van der Waals surface area contributed by atoms with E-state index in [2.05, 4.69) is 4.74 Å². The van der Waals surface area contributed by atoms with E-state index in [1.807, 2.05) is 0 Å². The minimum atomic E-state index is -4.84. The van der Waals surface area contributed by atoms with Crippen LogP contribution in [0.4, 0.5) is 13.2 Å². The first-order chi connectivity index (χ1) is 15.1. The number of rotatable bonds is 6. The molecule has 3 aromatic rings. The van der Waals surface area contributed by atoms with Crippen molar-refractivity contribution < 1.29 is 37.0 Å². The van der Waals surface area contributed by atoms with Gasteiger partial charge in [0.25, 0.3) is 5.91 Å². The molecule has 0 fully saturated rings. The van der Waals surface area contributed by atoms with Gasteiger partial charge in [0.15, 0.2) is 0 Å². The molecule has 10 heteroatoms. The number of benzene rings is 2. The number of alkyl halides is 3. The molecule has 0 radical (unpaired) electrons. The van der Waals surface area contributed by atoms with Crippen molar-refractivity contribution in [2.45, 2.75) is 26.6 Å². The summed E-state index contributed by atoms with van der Waals surface area (Å²) in [4.78, 5) is 25.4. The number of hydrogen-bond acceptors (Lipinski definition) is 5. The van der Waals surface area contributed by atoms with Gasteiger partial charge in [0.1, 0.15) is 11.5 Å². The molecule has 0 aliphatic heterocycles. The molecular formula is C22H19ClF3NO5. The summed E-state index contributed by atoms with van der Waals surface area (Å²) in [5.41, 5.74) is 1.57. The fourth-order valence-corrected chi connectivity index (χ4v) is 3.64. The molecule has 170 valence electrons. The molecule has 1 heterocycles. The van der Waals surface area contributed by atoms with Crippen molar-refractivity contribution in [3.05, 3.63) is 58.2 Å². The monoisotopic (exact) mass is 469 g/mol. The Balaban J connectivity index is 2.10. The predicted molar refractivity (Wildman–Crippen MR) is 111 cm³/mol. The number of ether oxygens (including phenoxy) is 3. The van der Waals surface area contributed by atoms with E-state index in [-0.39, 0.29) is 23.6 Å². The van der Waals surface area contributed by atoms with Crippen LogP contribution in [0.5, 0.6) is 11.5 Å². The quantitative estimate of drug-likeness (QED) is 0.458. The number of halogens is 4. The minimum Gasteiger partial charge on any atom is -0.495 e. The number of aromatic nitrogens is 1. The van der Waals surface area contributed by atoms with Crippen LogP contribution in [0.3, 0.4) is 0 Å². The van der Waals surface area contributed by atoms with E-state index in [4.69, 9.17) is 21.1 Å². The van der Waals surface area contributed by atoms with Crippen LogP contribution < -0.4 is 9.47 Å². The first-order valence-corrected chi connectivity index (χ1v) is 9.87. The topological polar surface area (TPSA) is 66.8 Å². The van der Waals surface area contributed by atoms with Crippen LogP contribution in [0.2, 0.25) is 5.02 Å². The fourth-order valence-electron chi connectivity index (χ4n) is 3.41. The van der Waals surface area contributed by atoms with Gasteiger partial charge in [-0.05, 0) is 55.8 Å². The molecule has 0 aliphatic rings. The van der Waals surface area contributed by atoms with Crippen LogP contribution >= 0.6 is 11.6 Å². The zero-order valence-electron chi connectivity index (χ0n) is 17.4. The third-order valence-corrected chi connectivity index (χ3v) is 5.07. The van der Waals surface area contributed by atoms with Crippen molar-refractivity contribution in [2.75, 3.05) is 13.7 Å². The molecule has 3 rings (SSSR count). The van der Waals surface area contributed by atoms with Gasteiger partial charge in [0, 0.05) is 16.6 Å². The van der Waals surface area contributed by atoms with Crippen LogP contribution in [-0.4, -0.2) is 36.5 Å². The molecule has 0 saturated carbocycles. The third-order valence-electron chi connectivity index (χ3n) is 4.77. The zero-order chi connectivity index (χ0) is 23.6. The van der Waals surface area contributed by atoms with Gasteiger partial charge in [-0.25, -0.2) is 0 Å². The van der Waals surface area contributed by atoms with E-state index in [0.717, 1.165) is 12.1 Å². The van der Waals surface area contributed by atoms with Gasteiger partial charge in [-0.15, -0.1) is 13.2 Å². The molecule has 0 aliphatic carbocycles. The van der Waals surface area contributed by atoms with Gasteiger partial charge in [0.05, 0.1) is 30.7 Å². The lowest BCUT2D eigenvalue weighted by molar-refractivity contribution is -0.274. The second kappa shape index (κ2) is 9.12. The lowest BCUT2D eigenvalue weighted by atomic mass is 10.1. The Hall–Kier alpha value is -3.20. The number of esters is 1. The molecular weight excluding hydrogens is 451 g/mol. The maximum Gasteiger partial charge on any atom is 0.573 e. The Morgan fingerprint density at radius 1 is 1.12 bits per heavy atom. The Kier molecular flexibility index (Phi) is 6.68. The highest BCUT2D eigenvalue weighted by Crippen LogP contribution is 2.35. The molecule has 0 N–H and O–H groups in total. The van der Waals surface area contributed by atoms with E-state index >= 15 is 0 Å². The van der Waals surface area contributed by atoms with Gasteiger partial charge in [0.2, 0.25) is 0 Å². The number of carbonyl (C=O) groups excluding carboxylic acids is 2. The molecule has 0 atom stereocenters. The van der Waals surface area contributed by atoms with Gasteiger partial charge in [-0.2, -0.15) is 0 Å². The van der Waals surface area contributed by atoms with Gasteiger partial charge in [-0.1, -0.05) is 11.6 Å². The summed E-state index contributed by atoms with van der Waals surface area (Å²) in [5.74, 6) is -1.06. The van der Waals surface area contributed by atoms with Crippen LogP contribution in [0, 0.1) is 6.92 Å². The van der Waals surface area contributed by atoms with E-state index in [1.54, 1.807) is 19.9 Å². The summed E-state index contributed by atoms with van der Waals surface area (Å²) in [7, 11) is 1.44. The second-order valence-corrected chi connectivity index (χ2v) is 7.17. The van der Waals surface area contributed by atoms with Crippen molar-refractivity contribution in [3.8, 4) is 11.5 Å². The average Bonchev–Trinajstić information content (AvgIpc) is 2.97. The average molecular weight is 470 g/mol. The molecule has 0 bridgehead atoms. The van der Waals surface area contributed by atoms with Crippen molar-refractivity contribution >= 4 is 34.4 Å². The number of carbonyl (C=O) groups is 2. The molecule has 32 heavy (non-hydrogen) atoms. The smallest absolute Gasteiger partial charge is 0.495 e. The fraction of sp³-hybridized carbons (Fsp3) is 0.273. The van der Waals surface area contributed by atoms with Crippen LogP contribution in [-0.2, 0) is 16.0 Å². The maximum absolute atomic E-state index is 13.3. The van der Waals surface area contributed by atoms with E-state index in [1.165, 1.54) is 29.9 Å². The predicted octanol–water partition coefficient (Wildman–Crippen LogP) is 5.30. The Morgan fingerprint density at radius 2 is 1.78 bits per heavy atom. The molecule has 6 nitrogen and oxygen atoms in total. The highest BCUT2D eigenvalue weighted by atomic mass is 35.5. The summed E-state index contributed by atoms with van der Waals surface area (Å²) in [5, 5.41) is 0.824. The van der Waals surface area contributed by atoms with E-state index < -0.39 is 24.0 Å². The van der Waals surface area contributed by atoms with Crippen LogP contribution in [0.25, 0.3) is 10.9 Å². The van der Waals surface area contributed by atoms with Crippen molar-refractivity contribution in [1.29, 1.82) is 0 Å².